The highest BCUT2D eigenvalue weighted by Crippen LogP contribution is 2.39. The van der Waals surface area contributed by atoms with Crippen LogP contribution in [0.4, 0.5) is 13.2 Å². The van der Waals surface area contributed by atoms with E-state index in [4.69, 9.17) is 11.6 Å². The van der Waals surface area contributed by atoms with Crippen LogP contribution in [0.2, 0.25) is 5.02 Å². The van der Waals surface area contributed by atoms with Crippen LogP contribution in [0.3, 0.4) is 0 Å². The van der Waals surface area contributed by atoms with Crippen molar-refractivity contribution in [1.29, 1.82) is 0 Å². The van der Waals surface area contributed by atoms with Crippen molar-refractivity contribution in [1.82, 2.24) is 0 Å². The van der Waals surface area contributed by atoms with Crippen LogP contribution in [0.15, 0.2) is 42.5 Å². The molecule has 0 unspecified atom stereocenters. The normalized spacial score (nSPS) is 12.6. The Morgan fingerprint density at radius 1 is 0.828 bits per heavy atom. The second-order valence-electron chi connectivity index (χ2n) is 7.66. The van der Waals surface area contributed by atoms with Crippen molar-refractivity contribution in [3.63, 3.8) is 0 Å². The van der Waals surface area contributed by atoms with Gasteiger partial charge < -0.3 is 0 Å². The van der Waals surface area contributed by atoms with Crippen LogP contribution in [0.25, 0.3) is 22.3 Å². The van der Waals surface area contributed by atoms with Gasteiger partial charge in [0.1, 0.15) is 22.5 Å². The molecule has 0 heterocycles. The summed E-state index contributed by atoms with van der Waals surface area (Å²) in [6.07, 6.45) is 5.99. The SMILES string of the molecule is CCCCCc1ccc2c(c1)CCc1c-2ccc(-c2cc(F)c(Cl)c(F)c2)c1F. The van der Waals surface area contributed by atoms with Crippen LogP contribution in [-0.2, 0) is 19.3 Å². The Balaban J connectivity index is 1.71. The zero-order valence-corrected chi connectivity index (χ0v) is 17.1. The van der Waals surface area contributed by atoms with Crippen molar-refractivity contribution < 1.29 is 13.2 Å². The van der Waals surface area contributed by atoms with Crippen molar-refractivity contribution in [2.24, 2.45) is 0 Å². The summed E-state index contributed by atoms with van der Waals surface area (Å²) in [5.74, 6) is -2.19. The number of fused-ring (bicyclic) bond motifs is 3. The fourth-order valence-electron chi connectivity index (χ4n) is 4.16. The molecule has 0 fully saturated rings. The number of rotatable bonds is 5. The van der Waals surface area contributed by atoms with Crippen LogP contribution >= 0.6 is 11.6 Å². The first kappa shape index (κ1) is 20.0. The molecule has 1 aliphatic carbocycles. The maximum absolute atomic E-state index is 15.3. The van der Waals surface area contributed by atoms with Gasteiger partial charge in [-0.2, -0.15) is 0 Å². The Morgan fingerprint density at radius 2 is 1.52 bits per heavy atom. The van der Waals surface area contributed by atoms with Gasteiger partial charge in [0.15, 0.2) is 0 Å². The topological polar surface area (TPSA) is 0 Å². The molecule has 3 aromatic rings. The molecule has 0 N–H and O–H groups in total. The van der Waals surface area contributed by atoms with Crippen molar-refractivity contribution in [2.75, 3.05) is 0 Å². The van der Waals surface area contributed by atoms with Gasteiger partial charge >= 0.3 is 0 Å². The summed E-state index contributed by atoms with van der Waals surface area (Å²) in [6.45, 7) is 2.19. The monoisotopic (exact) mass is 414 g/mol. The maximum Gasteiger partial charge on any atom is 0.145 e. The van der Waals surface area contributed by atoms with Gasteiger partial charge in [-0.3, -0.25) is 0 Å². The molecule has 4 heteroatoms. The average molecular weight is 415 g/mol. The van der Waals surface area contributed by atoms with Gasteiger partial charge in [0.2, 0.25) is 0 Å². The fourth-order valence-corrected chi connectivity index (χ4v) is 4.27. The lowest BCUT2D eigenvalue weighted by Gasteiger charge is -2.22. The summed E-state index contributed by atoms with van der Waals surface area (Å²) in [7, 11) is 0. The van der Waals surface area contributed by atoms with E-state index in [9.17, 15) is 8.78 Å². The van der Waals surface area contributed by atoms with Crippen LogP contribution in [0.1, 0.15) is 42.9 Å². The number of unbranched alkanes of at least 4 members (excludes halogenated alkanes) is 2. The van der Waals surface area contributed by atoms with Crippen molar-refractivity contribution in [3.05, 3.63) is 81.6 Å². The third-order valence-electron chi connectivity index (χ3n) is 5.71. The lowest BCUT2D eigenvalue weighted by Crippen LogP contribution is -2.08. The van der Waals surface area contributed by atoms with E-state index in [0.717, 1.165) is 36.1 Å². The standard InChI is InChI=1S/C25H22ClF3/c1-2-3-4-5-15-6-8-18-16(12-15)7-9-21-20(18)11-10-19(25(21)29)17-13-22(27)24(26)23(28)14-17/h6,8,10-14H,2-5,7,9H2,1H3. The van der Waals surface area contributed by atoms with Crippen molar-refractivity contribution >= 4 is 11.6 Å². The summed E-state index contributed by atoms with van der Waals surface area (Å²) in [4.78, 5) is 0. The Morgan fingerprint density at radius 3 is 2.24 bits per heavy atom. The third kappa shape index (κ3) is 3.81. The third-order valence-corrected chi connectivity index (χ3v) is 6.07. The summed E-state index contributed by atoms with van der Waals surface area (Å²) in [5.41, 5.74) is 5.42. The quantitative estimate of drug-likeness (QED) is 0.294. The molecule has 29 heavy (non-hydrogen) atoms. The van der Waals surface area contributed by atoms with Crippen LogP contribution in [0, 0.1) is 17.5 Å². The molecule has 4 rings (SSSR count). The van der Waals surface area contributed by atoms with Gasteiger partial charge in [0, 0.05) is 5.56 Å². The predicted octanol–water partition coefficient (Wildman–Crippen LogP) is 7.92. The van der Waals surface area contributed by atoms with Gasteiger partial charge in [-0.25, -0.2) is 13.2 Å². The van der Waals surface area contributed by atoms with E-state index >= 15 is 4.39 Å². The van der Waals surface area contributed by atoms with Gasteiger partial charge in [0.05, 0.1) is 0 Å². The van der Waals surface area contributed by atoms with Gasteiger partial charge in [-0.15, -0.1) is 0 Å². The number of hydrogen-bond donors (Lipinski definition) is 0. The Labute approximate surface area is 174 Å². The van der Waals surface area contributed by atoms with E-state index in [0.29, 0.717) is 12.0 Å². The first-order valence-corrected chi connectivity index (χ1v) is 10.5. The predicted molar refractivity (Wildman–Crippen MR) is 113 cm³/mol. The van der Waals surface area contributed by atoms with E-state index in [1.807, 2.05) is 6.07 Å². The molecule has 150 valence electrons. The fraction of sp³-hybridized carbons (Fsp3) is 0.280. The Bertz CT molecular complexity index is 1050. The average Bonchev–Trinajstić information content (AvgIpc) is 2.72. The number of halogens is 4. The molecule has 0 aliphatic heterocycles. The maximum atomic E-state index is 15.3. The molecular weight excluding hydrogens is 393 g/mol. The van der Waals surface area contributed by atoms with E-state index in [2.05, 4.69) is 25.1 Å². The molecule has 0 bridgehead atoms. The van der Waals surface area contributed by atoms with E-state index < -0.39 is 22.5 Å². The summed E-state index contributed by atoms with van der Waals surface area (Å²) in [6, 6.07) is 12.1. The highest BCUT2D eigenvalue weighted by atomic mass is 35.5. The molecule has 0 radical (unpaired) electrons. The molecule has 3 aromatic carbocycles. The highest BCUT2D eigenvalue weighted by Gasteiger charge is 2.23. The molecule has 0 saturated heterocycles. The molecule has 0 atom stereocenters. The first-order chi connectivity index (χ1) is 14.0. The van der Waals surface area contributed by atoms with Crippen LogP contribution in [-0.4, -0.2) is 0 Å². The second-order valence-corrected chi connectivity index (χ2v) is 8.03. The minimum Gasteiger partial charge on any atom is -0.206 e. The molecule has 0 amide bonds. The van der Waals surface area contributed by atoms with Gasteiger partial charge in [-0.05, 0) is 71.2 Å². The lowest BCUT2D eigenvalue weighted by atomic mass is 9.82. The van der Waals surface area contributed by atoms with Crippen LogP contribution in [0.5, 0.6) is 0 Å². The minimum atomic E-state index is -0.889. The highest BCUT2D eigenvalue weighted by molar-refractivity contribution is 6.31. The van der Waals surface area contributed by atoms with E-state index in [-0.39, 0.29) is 11.1 Å². The van der Waals surface area contributed by atoms with E-state index in [1.54, 1.807) is 6.07 Å². The number of hydrogen-bond acceptors (Lipinski definition) is 0. The smallest absolute Gasteiger partial charge is 0.145 e. The molecule has 0 spiro atoms. The van der Waals surface area contributed by atoms with Crippen molar-refractivity contribution in [2.45, 2.75) is 45.4 Å². The largest absolute Gasteiger partial charge is 0.206 e. The Hall–Kier alpha value is -2.26. The lowest BCUT2D eigenvalue weighted by molar-refractivity contribution is 0.583. The molecular formula is C25H22ClF3. The Kier molecular flexibility index (Phi) is 5.69. The number of benzene rings is 3. The van der Waals surface area contributed by atoms with Gasteiger partial charge in [0.25, 0.3) is 0 Å². The van der Waals surface area contributed by atoms with Crippen LogP contribution < -0.4 is 0 Å². The number of aryl methyl sites for hydroxylation is 2. The van der Waals surface area contributed by atoms with Crippen molar-refractivity contribution in [3.8, 4) is 22.3 Å². The summed E-state index contributed by atoms with van der Waals surface area (Å²) < 4.78 is 43.0. The zero-order valence-electron chi connectivity index (χ0n) is 16.3. The first-order valence-electron chi connectivity index (χ1n) is 10.1. The van der Waals surface area contributed by atoms with Gasteiger partial charge in [-0.1, -0.05) is 61.7 Å². The zero-order chi connectivity index (χ0) is 20.5. The summed E-state index contributed by atoms with van der Waals surface area (Å²) in [5, 5.41) is -0.573. The minimum absolute atomic E-state index is 0.154. The van der Waals surface area contributed by atoms with E-state index in [1.165, 1.54) is 30.4 Å². The molecule has 0 aromatic heterocycles. The molecule has 0 nitrogen and oxygen atoms in total. The molecule has 0 saturated carbocycles. The second kappa shape index (κ2) is 8.23. The molecule has 1 aliphatic rings. The summed E-state index contributed by atoms with van der Waals surface area (Å²) >= 11 is 5.56.